The molecule has 0 radical (unpaired) electrons. The third-order valence-corrected chi connectivity index (χ3v) is 9.76. The van der Waals surface area contributed by atoms with Crippen LogP contribution in [0.4, 0.5) is 0 Å². The second-order valence-electron chi connectivity index (χ2n) is 14.9. The number of hydrogen-bond donors (Lipinski definition) is 3. The smallest absolute Gasteiger partial charge is 0.307 e. The van der Waals surface area contributed by atoms with E-state index >= 15 is 0 Å². The normalized spacial score (nSPS) is 20.3. The van der Waals surface area contributed by atoms with E-state index in [1.165, 1.54) is 0 Å². The predicted molar refractivity (Wildman–Crippen MR) is 180 cm³/mol. The Morgan fingerprint density at radius 3 is 1.65 bits per heavy atom. The fourth-order valence-electron chi connectivity index (χ4n) is 7.66. The van der Waals surface area contributed by atoms with E-state index in [-0.39, 0.29) is 36.0 Å². The van der Waals surface area contributed by atoms with Gasteiger partial charge in [0.2, 0.25) is 17.7 Å². The molecule has 46 heavy (non-hydrogen) atoms. The van der Waals surface area contributed by atoms with Gasteiger partial charge in [-0.05, 0) is 52.2 Å². The van der Waals surface area contributed by atoms with Crippen LogP contribution < -0.4 is 11.1 Å². The summed E-state index contributed by atoms with van der Waals surface area (Å²) in [6.07, 6.45) is 0.266. The van der Waals surface area contributed by atoms with Gasteiger partial charge < -0.3 is 10.8 Å². The van der Waals surface area contributed by atoms with Gasteiger partial charge in [-0.1, -0.05) is 133 Å². The van der Waals surface area contributed by atoms with Crippen LogP contribution in [0.5, 0.6) is 0 Å². The summed E-state index contributed by atoms with van der Waals surface area (Å²) in [7, 11) is 0. The lowest BCUT2D eigenvalue weighted by Gasteiger charge is -2.39. The molecule has 3 aromatic carbocycles. The van der Waals surface area contributed by atoms with Crippen LogP contribution in [-0.4, -0.2) is 28.8 Å². The van der Waals surface area contributed by atoms with E-state index in [0.29, 0.717) is 5.56 Å². The third-order valence-electron chi connectivity index (χ3n) is 9.76. The molecule has 4 rings (SSSR count). The van der Waals surface area contributed by atoms with Crippen molar-refractivity contribution in [3.05, 3.63) is 108 Å². The van der Waals surface area contributed by atoms with Crippen LogP contribution in [0.15, 0.2) is 91.0 Å². The lowest BCUT2D eigenvalue weighted by Crippen LogP contribution is -2.42. The molecule has 7 heteroatoms. The van der Waals surface area contributed by atoms with Crippen LogP contribution in [0.1, 0.15) is 88.8 Å². The van der Waals surface area contributed by atoms with E-state index in [9.17, 15) is 24.3 Å². The molecule has 1 fully saturated rings. The number of primary amides is 1. The van der Waals surface area contributed by atoms with Gasteiger partial charge >= 0.3 is 5.97 Å². The van der Waals surface area contributed by atoms with E-state index in [2.05, 4.69) is 46.9 Å². The molecule has 3 amide bonds. The molecule has 7 nitrogen and oxygen atoms in total. The van der Waals surface area contributed by atoms with Crippen LogP contribution in [-0.2, 0) is 19.2 Å². The molecule has 0 bridgehead atoms. The number of imide groups is 1. The largest absolute Gasteiger partial charge is 0.481 e. The van der Waals surface area contributed by atoms with Crippen LogP contribution in [0, 0.1) is 34.5 Å². The summed E-state index contributed by atoms with van der Waals surface area (Å²) in [5.74, 6) is -7.64. The van der Waals surface area contributed by atoms with Crippen molar-refractivity contribution in [3.8, 4) is 0 Å². The van der Waals surface area contributed by atoms with E-state index in [1.54, 1.807) is 0 Å². The van der Waals surface area contributed by atoms with Crippen molar-refractivity contribution in [1.29, 1.82) is 0 Å². The highest BCUT2D eigenvalue weighted by Crippen LogP contribution is 2.50. The van der Waals surface area contributed by atoms with Gasteiger partial charge in [0, 0.05) is 5.92 Å². The summed E-state index contributed by atoms with van der Waals surface area (Å²) in [5.41, 5.74) is 8.08. The minimum absolute atomic E-state index is 0.0918. The molecule has 0 aromatic heterocycles. The Balaban J connectivity index is 1.83. The third kappa shape index (κ3) is 7.75. The molecule has 7 atom stereocenters. The van der Waals surface area contributed by atoms with E-state index in [0.717, 1.165) is 11.1 Å². The molecule has 7 unspecified atom stereocenters. The number of carbonyl (C=O) groups is 4. The van der Waals surface area contributed by atoms with Gasteiger partial charge in [0.15, 0.2) is 0 Å². The maximum absolute atomic E-state index is 13.7. The number of nitrogens with one attached hydrogen (secondary N) is 1. The van der Waals surface area contributed by atoms with Crippen LogP contribution in [0.2, 0.25) is 0 Å². The number of carbonyl (C=O) groups excluding carboxylic acids is 3. The molecule has 1 aliphatic rings. The summed E-state index contributed by atoms with van der Waals surface area (Å²) in [5, 5.41) is 13.3. The van der Waals surface area contributed by atoms with Crippen LogP contribution in [0.25, 0.3) is 0 Å². The highest BCUT2D eigenvalue weighted by atomic mass is 16.4. The first kappa shape index (κ1) is 34.6. The van der Waals surface area contributed by atoms with Crippen molar-refractivity contribution in [2.75, 3.05) is 0 Å². The minimum Gasteiger partial charge on any atom is -0.481 e. The number of amides is 3. The molecule has 0 aliphatic carbocycles. The molecular weight excluding hydrogens is 576 g/mol. The number of aliphatic carboxylic acids is 1. The lowest BCUT2D eigenvalue weighted by atomic mass is 9.62. The average Bonchev–Trinajstić information content (AvgIpc) is 3.25. The van der Waals surface area contributed by atoms with Gasteiger partial charge in [0.25, 0.3) is 0 Å². The number of benzene rings is 3. The SMILES string of the molecule is CC(C)(C)C(CC(C(=O)O)C(C(N)=O)C(CC1C(=O)NC(=O)C1C(c1ccccc1)C(C)(C)C)c1ccccc1)c1ccccc1. The predicted octanol–water partition coefficient (Wildman–Crippen LogP) is 6.90. The van der Waals surface area contributed by atoms with Crippen molar-refractivity contribution >= 4 is 23.7 Å². The van der Waals surface area contributed by atoms with Gasteiger partial charge in [0.05, 0.1) is 23.7 Å². The molecule has 1 saturated heterocycles. The van der Waals surface area contributed by atoms with Crippen molar-refractivity contribution in [1.82, 2.24) is 5.32 Å². The Labute approximate surface area is 273 Å². The molecule has 3 aromatic rings. The fraction of sp³-hybridized carbons (Fsp3) is 0.436. The van der Waals surface area contributed by atoms with E-state index in [1.807, 2.05) is 91.0 Å². The molecule has 0 spiro atoms. The minimum atomic E-state index is -1.14. The summed E-state index contributed by atoms with van der Waals surface area (Å²) in [6, 6.07) is 28.6. The molecule has 1 heterocycles. The van der Waals surface area contributed by atoms with Crippen molar-refractivity contribution in [3.63, 3.8) is 0 Å². The summed E-state index contributed by atoms with van der Waals surface area (Å²) in [4.78, 5) is 54.0. The van der Waals surface area contributed by atoms with E-state index < -0.39 is 52.8 Å². The number of hydrogen-bond acceptors (Lipinski definition) is 4. The quantitative estimate of drug-likeness (QED) is 0.189. The number of carboxylic acids is 1. The van der Waals surface area contributed by atoms with Crippen LogP contribution >= 0.6 is 0 Å². The Bertz CT molecular complexity index is 1510. The van der Waals surface area contributed by atoms with Gasteiger partial charge in [-0.25, -0.2) is 0 Å². The Morgan fingerprint density at radius 1 is 0.739 bits per heavy atom. The molecule has 0 saturated carbocycles. The Morgan fingerprint density at radius 2 is 1.22 bits per heavy atom. The zero-order valence-corrected chi connectivity index (χ0v) is 27.8. The van der Waals surface area contributed by atoms with Crippen molar-refractivity contribution in [2.24, 2.45) is 40.2 Å². The maximum Gasteiger partial charge on any atom is 0.307 e. The van der Waals surface area contributed by atoms with Crippen molar-refractivity contribution < 1.29 is 24.3 Å². The first-order valence-corrected chi connectivity index (χ1v) is 16.1. The van der Waals surface area contributed by atoms with E-state index in [4.69, 9.17) is 5.73 Å². The van der Waals surface area contributed by atoms with Gasteiger partial charge in [-0.2, -0.15) is 0 Å². The standard InChI is InChI=1S/C39H48N2O5/c1-38(2,3)30(25-18-12-8-13-19-25)23-29(37(45)46)31(34(40)42)27(24-16-10-7-11-17-24)22-28-32(36(44)41-35(28)43)33(39(4,5)6)26-20-14-9-15-21-26/h7-21,27-33H,22-23H2,1-6H3,(H2,40,42)(H,45,46)(H,41,43,44). The Kier molecular flexibility index (Phi) is 10.5. The molecule has 244 valence electrons. The number of rotatable bonds is 12. The molecule has 4 N–H and O–H groups in total. The second kappa shape index (κ2) is 14.0. The first-order valence-electron chi connectivity index (χ1n) is 16.1. The summed E-state index contributed by atoms with van der Waals surface area (Å²) in [6.45, 7) is 12.3. The molecule has 1 aliphatic heterocycles. The highest BCUT2D eigenvalue weighted by Gasteiger charge is 2.52. The molecular formula is C39H48N2O5. The van der Waals surface area contributed by atoms with Crippen LogP contribution in [0.3, 0.4) is 0 Å². The zero-order valence-electron chi connectivity index (χ0n) is 27.8. The zero-order chi connectivity index (χ0) is 33.8. The lowest BCUT2D eigenvalue weighted by molar-refractivity contribution is -0.148. The van der Waals surface area contributed by atoms with Gasteiger partial charge in [-0.3, -0.25) is 24.5 Å². The highest BCUT2D eigenvalue weighted by molar-refractivity contribution is 6.05. The van der Waals surface area contributed by atoms with Crippen molar-refractivity contribution in [2.45, 2.75) is 72.1 Å². The van der Waals surface area contributed by atoms with Gasteiger partial charge in [0.1, 0.15) is 0 Å². The maximum atomic E-state index is 13.7. The number of nitrogens with two attached hydrogens (primary N) is 1. The fourth-order valence-corrected chi connectivity index (χ4v) is 7.66. The van der Waals surface area contributed by atoms with Gasteiger partial charge in [-0.15, -0.1) is 0 Å². The summed E-state index contributed by atoms with van der Waals surface area (Å²) < 4.78 is 0. The first-order chi connectivity index (χ1) is 21.6. The monoisotopic (exact) mass is 624 g/mol. The Hall–Kier alpha value is -4.26. The average molecular weight is 625 g/mol. The summed E-state index contributed by atoms with van der Waals surface area (Å²) >= 11 is 0. The topological polar surface area (TPSA) is 127 Å². The second-order valence-corrected chi connectivity index (χ2v) is 14.9. The number of carboxylic acid groups (broad SMARTS) is 1.